The molecule has 0 aliphatic heterocycles. The molecule has 0 saturated heterocycles. The van der Waals surface area contributed by atoms with Gasteiger partial charge in [-0.2, -0.15) is 6.42 Å². The van der Waals surface area contributed by atoms with Crippen LogP contribution in [0.25, 0.3) is 0 Å². The summed E-state index contributed by atoms with van der Waals surface area (Å²) in [5, 5.41) is 0. The molecule has 2 N–H and O–H groups in total. The molecular weight excluding hydrogens is 682 g/mol. The monoisotopic (exact) mass is 707 g/mol. The zero-order chi connectivity index (χ0) is 13.2. The Morgan fingerprint density at radius 1 is 1.00 bits per heavy atom. The molecule has 4 nitrogen and oxygen atoms in total. The Balaban J connectivity index is -0.0000000494. The zero-order valence-electron chi connectivity index (χ0n) is 11.4. The van der Waals surface area contributed by atoms with Gasteiger partial charge in [-0.05, 0) is 0 Å². The van der Waals surface area contributed by atoms with Crippen molar-refractivity contribution >= 4 is 5.91 Å². The van der Waals surface area contributed by atoms with Gasteiger partial charge in [0.15, 0.2) is 0 Å². The van der Waals surface area contributed by atoms with E-state index in [4.69, 9.17) is 10.5 Å². The zero-order valence-corrected chi connectivity index (χ0v) is 19.7. The standard InChI is InChI=1S/C5H10NO2.C4H8O.C3H7.2U/c1-2-8-4-3-5(6)7;1-3-5-4-2;1-3-2;;/h1-4H2,(H2,6,7);1-4H2;1,3H2,2H3;;/q-1;-2;-1;2*+2. The molecule has 0 heterocycles. The number of carbonyl (C=O) groups is 1. The second-order valence-corrected chi connectivity index (χ2v) is 2.44. The van der Waals surface area contributed by atoms with E-state index in [1.54, 1.807) is 0 Å². The molecule has 0 rings (SSSR count). The number of nitrogens with two attached hydrogens (primary N) is 1. The molecule has 0 aliphatic rings. The molecule has 0 aromatic rings. The second kappa shape index (κ2) is 36.3. The van der Waals surface area contributed by atoms with E-state index in [1.165, 1.54) is 0 Å². The van der Waals surface area contributed by atoms with E-state index in [0.29, 0.717) is 26.4 Å². The van der Waals surface area contributed by atoms with Crippen molar-refractivity contribution in [1.82, 2.24) is 0 Å². The average Bonchev–Trinajstić information content (AvgIpc) is 2.21. The molecule has 0 aromatic heterocycles. The number of amides is 1. The molecule has 0 saturated carbocycles. The van der Waals surface area contributed by atoms with Gasteiger partial charge in [0.05, 0.1) is 6.61 Å². The van der Waals surface area contributed by atoms with E-state index in [1.807, 2.05) is 6.92 Å². The van der Waals surface area contributed by atoms with Crippen molar-refractivity contribution in [3.05, 3.63) is 27.7 Å². The molecule has 0 fully saturated rings. The summed E-state index contributed by atoms with van der Waals surface area (Å²) in [7, 11) is 0. The van der Waals surface area contributed by atoms with Crippen molar-refractivity contribution in [3.63, 3.8) is 0 Å². The van der Waals surface area contributed by atoms with Crippen LogP contribution < -0.4 is 5.73 Å². The summed E-state index contributed by atoms with van der Waals surface area (Å²) in [6, 6.07) is 0. The van der Waals surface area contributed by atoms with Crippen LogP contribution in [-0.4, -0.2) is 32.3 Å². The van der Waals surface area contributed by atoms with Gasteiger partial charge in [0.25, 0.3) is 0 Å². The predicted molar refractivity (Wildman–Crippen MR) is 67.2 cm³/mol. The van der Waals surface area contributed by atoms with Gasteiger partial charge in [0.1, 0.15) is 0 Å². The van der Waals surface area contributed by atoms with Crippen LogP contribution >= 0.6 is 0 Å². The molecule has 0 bridgehead atoms. The van der Waals surface area contributed by atoms with Crippen LogP contribution in [0.1, 0.15) is 19.8 Å². The van der Waals surface area contributed by atoms with E-state index in [-0.39, 0.29) is 74.6 Å². The van der Waals surface area contributed by atoms with Crippen LogP contribution in [0, 0.1) is 89.9 Å². The molecule has 0 aliphatic carbocycles. The number of rotatable bonds is 6. The Labute approximate surface area is 160 Å². The Bertz CT molecular complexity index is 126. The Morgan fingerprint density at radius 2 is 1.33 bits per heavy atom. The molecule has 1 amide bonds. The Hall–Kier alpha value is 1.49. The van der Waals surface area contributed by atoms with Crippen molar-refractivity contribution in [3.8, 4) is 0 Å². The third-order valence-corrected chi connectivity index (χ3v) is 0.926. The first-order valence-electron chi connectivity index (χ1n) is 5.21. The van der Waals surface area contributed by atoms with Gasteiger partial charge in [-0.25, -0.2) is 0 Å². The van der Waals surface area contributed by atoms with Gasteiger partial charge >= 0.3 is 62.2 Å². The van der Waals surface area contributed by atoms with Crippen molar-refractivity contribution in [2.45, 2.75) is 19.8 Å². The molecule has 0 spiro atoms. The summed E-state index contributed by atoms with van der Waals surface area (Å²) in [5.41, 5.74) is 4.79. The maximum absolute atomic E-state index is 10.00. The van der Waals surface area contributed by atoms with Crippen molar-refractivity contribution in [2.24, 2.45) is 5.73 Å². The van der Waals surface area contributed by atoms with Gasteiger partial charge in [-0.1, -0.05) is 26.7 Å². The summed E-state index contributed by atoms with van der Waals surface area (Å²) >= 11 is 0. The predicted octanol–water partition coefficient (Wildman–Crippen LogP) is 1.61. The second-order valence-electron chi connectivity index (χ2n) is 2.44. The number of hydrogen-bond acceptors (Lipinski definition) is 3. The van der Waals surface area contributed by atoms with Crippen LogP contribution in [0.15, 0.2) is 0 Å². The molecular formula is C12H25NO3U2. The molecule has 0 unspecified atom stereocenters. The first-order valence-corrected chi connectivity index (χ1v) is 5.21. The minimum atomic E-state index is -0.335. The molecule has 0 atom stereocenters. The van der Waals surface area contributed by atoms with Crippen LogP contribution in [0.4, 0.5) is 0 Å². The number of ether oxygens (including phenoxy) is 2. The van der Waals surface area contributed by atoms with Crippen molar-refractivity contribution in [1.29, 1.82) is 0 Å². The summed E-state index contributed by atoms with van der Waals surface area (Å²) in [4.78, 5) is 10.00. The quantitative estimate of drug-likeness (QED) is 0.338. The maximum atomic E-state index is 10.00. The number of hydrogen-bond donors (Lipinski definition) is 1. The molecule has 6 heteroatoms. The number of carbonyl (C=O) groups excluding carboxylic acids is 1. The fourth-order valence-corrected chi connectivity index (χ4v) is 0.377. The summed E-state index contributed by atoms with van der Waals surface area (Å²) in [6.07, 6.45) is 1.29. The topological polar surface area (TPSA) is 61.5 Å². The smallest absolute Gasteiger partial charge is 0.445 e. The summed E-state index contributed by atoms with van der Waals surface area (Å²) in [6.45, 7) is 17.6. The van der Waals surface area contributed by atoms with Gasteiger partial charge < -0.3 is 42.9 Å². The van der Waals surface area contributed by atoms with Crippen LogP contribution in [0.2, 0.25) is 0 Å². The molecule has 104 valence electrons. The fraction of sp³-hybridized carbons (Fsp3) is 0.583. The van der Waals surface area contributed by atoms with Crippen LogP contribution in [0.5, 0.6) is 0 Å². The van der Waals surface area contributed by atoms with E-state index >= 15 is 0 Å². The first-order chi connectivity index (χ1) is 7.60. The normalized spacial score (nSPS) is 7.39. The van der Waals surface area contributed by atoms with Gasteiger partial charge in [0.2, 0.25) is 5.91 Å². The van der Waals surface area contributed by atoms with E-state index < -0.39 is 0 Å². The maximum Gasteiger partial charge on any atom is 2.00 e. The summed E-state index contributed by atoms with van der Waals surface area (Å²) in [5.74, 6) is -0.335. The van der Waals surface area contributed by atoms with E-state index in [9.17, 15) is 4.79 Å². The minimum Gasteiger partial charge on any atom is -0.445 e. The minimum absolute atomic E-state index is 0. The molecule has 0 aromatic carbocycles. The van der Waals surface area contributed by atoms with Crippen LogP contribution in [0.3, 0.4) is 0 Å². The molecule has 0 radical (unpaired) electrons. The third kappa shape index (κ3) is 66.0. The van der Waals surface area contributed by atoms with Crippen molar-refractivity contribution < 1.29 is 76.5 Å². The fourth-order valence-electron chi connectivity index (χ4n) is 0.377. The number of primary amides is 1. The molecule has 18 heavy (non-hydrogen) atoms. The summed E-state index contributed by atoms with van der Waals surface area (Å²) < 4.78 is 9.34. The Morgan fingerprint density at radius 3 is 1.50 bits per heavy atom. The average molecular weight is 707 g/mol. The van der Waals surface area contributed by atoms with E-state index in [0.717, 1.165) is 6.42 Å². The van der Waals surface area contributed by atoms with Gasteiger partial charge in [-0.3, -0.25) is 4.79 Å². The SMILES string of the molecule is [CH2-]CC.[CH2-]COCCC(N)=O.[CH2-]COC[CH2-].[U+2].[U+2]. The van der Waals surface area contributed by atoms with Crippen molar-refractivity contribution in [2.75, 3.05) is 26.4 Å². The van der Waals surface area contributed by atoms with E-state index in [2.05, 4.69) is 32.4 Å². The first kappa shape index (κ1) is 31.7. The van der Waals surface area contributed by atoms with Crippen LogP contribution in [-0.2, 0) is 14.3 Å². The third-order valence-electron chi connectivity index (χ3n) is 0.926. The van der Waals surface area contributed by atoms with Gasteiger partial charge in [-0.15, -0.1) is 0 Å². The largest absolute Gasteiger partial charge is 2.00 e. The Kier molecular flexibility index (Phi) is 63.9. The van der Waals surface area contributed by atoms with Gasteiger partial charge in [0, 0.05) is 6.42 Å².